The predicted octanol–water partition coefficient (Wildman–Crippen LogP) is 6.63. The molecule has 0 radical (unpaired) electrons. The minimum atomic E-state index is -0.677. The van der Waals surface area contributed by atoms with Crippen LogP contribution in [0.5, 0.6) is 0 Å². The van der Waals surface area contributed by atoms with Crippen molar-refractivity contribution >= 4 is 38.5 Å². The van der Waals surface area contributed by atoms with Crippen molar-refractivity contribution in [3.63, 3.8) is 0 Å². The molecular weight excluding hydrogens is 584 g/mol. The van der Waals surface area contributed by atoms with E-state index in [0.717, 1.165) is 53.2 Å². The number of halogens is 2. The van der Waals surface area contributed by atoms with Gasteiger partial charge in [0.25, 0.3) is 5.91 Å². The number of fused-ring (bicyclic) bond motifs is 3. The number of ether oxygens (including phenoxy) is 1. The standard InChI is InChI=1S/C33H39F2N5O3S/c1-33(2,3)43-32(42)39-16-9-23(19-39)21-5-7-25(26(35)17-21)27-20-40-28-8-6-22(18-29(28)44-31(40)37-27)30(41)36-12-4-13-38-14-10-24(34)11-15-38/h5-8,17-18,20,23-24H,4,9-16,19H2,1-3H3,(H,36,41)/t23-/m1/s1. The molecular formula is C33H39F2N5O3S. The van der Waals surface area contributed by atoms with Gasteiger partial charge in [-0.05, 0) is 88.9 Å². The van der Waals surface area contributed by atoms with Gasteiger partial charge in [0.15, 0.2) is 4.96 Å². The molecule has 2 aromatic carbocycles. The maximum atomic E-state index is 15.4. The first kappa shape index (κ1) is 30.5. The van der Waals surface area contributed by atoms with Crippen molar-refractivity contribution in [2.75, 3.05) is 39.3 Å². The minimum absolute atomic E-state index is 0.0482. The average Bonchev–Trinajstić information content (AvgIpc) is 3.70. The molecule has 2 fully saturated rings. The fraction of sp³-hybridized carbons (Fsp3) is 0.485. The van der Waals surface area contributed by atoms with Crippen molar-refractivity contribution in [1.29, 1.82) is 0 Å². The zero-order valence-electron chi connectivity index (χ0n) is 25.4. The Morgan fingerprint density at radius 1 is 1.09 bits per heavy atom. The van der Waals surface area contributed by atoms with E-state index in [9.17, 15) is 14.0 Å². The predicted molar refractivity (Wildman–Crippen MR) is 169 cm³/mol. The lowest BCUT2D eigenvalue weighted by Crippen LogP contribution is -2.36. The number of carbonyl (C=O) groups excluding carboxylic acids is 2. The van der Waals surface area contributed by atoms with Crippen molar-refractivity contribution < 1.29 is 23.1 Å². The Morgan fingerprint density at radius 2 is 1.89 bits per heavy atom. The smallest absolute Gasteiger partial charge is 0.410 e. The largest absolute Gasteiger partial charge is 0.444 e. The number of likely N-dealkylation sites (tertiary alicyclic amines) is 2. The van der Waals surface area contributed by atoms with Crippen LogP contribution in [0.4, 0.5) is 13.6 Å². The molecule has 1 N–H and O–H groups in total. The van der Waals surface area contributed by atoms with E-state index in [1.165, 1.54) is 11.3 Å². The number of nitrogens with zero attached hydrogens (tertiary/aromatic N) is 4. The topological polar surface area (TPSA) is 79.2 Å². The van der Waals surface area contributed by atoms with Crippen LogP contribution in [-0.2, 0) is 4.74 Å². The number of thiazole rings is 1. The maximum Gasteiger partial charge on any atom is 0.410 e. The molecule has 2 saturated heterocycles. The first-order chi connectivity index (χ1) is 21.0. The monoisotopic (exact) mass is 623 g/mol. The Kier molecular flexibility index (Phi) is 8.61. The van der Waals surface area contributed by atoms with E-state index in [0.29, 0.717) is 49.3 Å². The normalized spacial score (nSPS) is 18.4. The molecule has 2 aromatic heterocycles. The molecule has 0 bridgehead atoms. The molecule has 234 valence electrons. The third-order valence-corrected chi connectivity index (χ3v) is 9.41. The lowest BCUT2D eigenvalue weighted by Gasteiger charge is -2.28. The molecule has 11 heteroatoms. The quantitative estimate of drug-likeness (QED) is 0.234. The molecule has 0 saturated carbocycles. The van der Waals surface area contributed by atoms with Crippen molar-refractivity contribution in [3.05, 3.63) is 59.5 Å². The fourth-order valence-corrected chi connectivity index (χ4v) is 7.07. The second kappa shape index (κ2) is 12.4. The van der Waals surface area contributed by atoms with Crippen molar-refractivity contribution in [1.82, 2.24) is 24.5 Å². The van der Waals surface area contributed by atoms with E-state index in [2.05, 4.69) is 10.2 Å². The molecule has 4 aromatic rings. The SMILES string of the molecule is CC(C)(C)OC(=O)N1CC[C@@H](c2ccc(-c3cn4c(n3)sc3cc(C(=O)NCCCN5CCC(F)CC5)ccc34)c(F)c2)C1. The summed E-state index contributed by atoms with van der Waals surface area (Å²) >= 11 is 1.45. The van der Waals surface area contributed by atoms with Gasteiger partial charge >= 0.3 is 6.09 Å². The van der Waals surface area contributed by atoms with Crippen LogP contribution in [0.2, 0.25) is 0 Å². The Bertz CT molecular complexity index is 1670. The summed E-state index contributed by atoms with van der Waals surface area (Å²) in [4.78, 5) is 34.6. The van der Waals surface area contributed by atoms with Gasteiger partial charge in [-0.1, -0.05) is 17.4 Å². The molecule has 0 unspecified atom stereocenters. The van der Waals surface area contributed by atoms with Crippen LogP contribution < -0.4 is 5.32 Å². The molecule has 6 rings (SSSR count). The van der Waals surface area contributed by atoms with Gasteiger partial charge in [0.1, 0.15) is 17.6 Å². The zero-order valence-corrected chi connectivity index (χ0v) is 26.3. The molecule has 8 nitrogen and oxygen atoms in total. The summed E-state index contributed by atoms with van der Waals surface area (Å²) in [6.07, 6.45) is 3.59. The molecule has 4 heterocycles. The summed E-state index contributed by atoms with van der Waals surface area (Å²) in [6, 6.07) is 10.8. The highest BCUT2D eigenvalue weighted by molar-refractivity contribution is 7.23. The highest BCUT2D eigenvalue weighted by Gasteiger charge is 2.31. The van der Waals surface area contributed by atoms with Gasteiger partial charge in [0, 0.05) is 56.0 Å². The first-order valence-corrected chi connectivity index (χ1v) is 16.2. The van der Waals surface area contributed by atoms with Crippen LogP contribution >= 0.6 is 11.3 Å². The van der Waals surface area contributed by atoms with Crippen LogP contribution in [0.1, 0.15) is 68.3 Å². The van der Waals surface area contributed by atoms with Gasteiger partial charge in [-0.3, -0.25) is 9.20 Å². The van der Waals surface area contributed by atoms with E-state index in [1.807, 2.05) is 49.6 Å². The minimum Gasteiger partial charge on any atom is -0.444 e. The zero-order chi connectivity index (χ0) is 31.0. The average molecular weight is 624 g/mol. The number of piperidine rings is 1. The highest BCUT2D eigenvalue weighted by atomic mass is 32.1. The number of imidazole rings is 1. The number of aromatic nitrogens is 2. The van der Waals surface area contributed by atoms with Gasteiger partial charge in [0.05, 0.1) is 15.9 Å². The molecule has 44 heavy (non-hydrogen) atoms. The Morgan fingerprint density at radius 3 is 2.64 bits per heavy atom. The Hall–Kier alpha value is -3.57. The number of rotatable bonds is 7. The number of hydrogen-bond donors (Lipinski definition) is 1. The van der Waals surface area contributed by atoms with E-state index in [-0.39, 0.29) is 23.7 Å². The Balaban J connectivity index is 1.08. The van der Waals surface area contributed by atoms with E-state index in [4.69, 9.17) is 9.72 Å². The summed E-state index contributed by atoms with van der Waals surface area (Å²) in [6.45, 7) is 9.60. The van der Waals surface area contributed by atoms with Crippen LogP contribution in [0, 0.1) is 5.82 Å². The Labute approximate surface area is 260 Å². The third kappa shape index (κ3) is 6.73. The molecule has 2 aliphatic rings. The lowest BCUT2D eigenvalue weighted by atomic mass is 9.96. The number of amides is 2. The lowest BCUT2D eigenvalue weighted by molar-refractivity contribution is 0.0292. The summed E-state index contributed by atoms with van der Waals surface area (Å²) in [5.41, 5.74) is 2.75. The first-order valence-electron chi connectivity index (χ1n) is 15.4. The van der Waals surface area contributed by atoms with Crippen LogP contribution in [0.15, 0.2) is 42.6 Å². The molecule has 2 aliphatic heterocycles. The number of carbonyl (C=O) groups is 2. The van der Waals surface area contributed by atoms with Gasteiger partial charge in [0.2, 0.25) is 0 Å². The molecule has 0 aliphatic carbocycles. The van der Waals surface area contributed by atoms with Crippen LogP contribution in [0.3, 0.4) is 0 Å². The van der Waals surface area contributed by atoms with E-state index < -0.39 is 11.8 Å². The summed E-state index contributed by atoms with van der Waals surface area (Å²) in [5, 5.41) is 2.99. The second-order valence-corrected chi connectivity index (χ2v) is 13.8. The molecule has 0 spiro atoms. The van der Waals surface area contributed by atoms with E-state index in [1.54, 1.807) is 23.1 Å². The van der Waals surface area contributed by atoms with Crippen LogP contribution in [-0.4, -0.2) is 82.2 Å². The second-order valence-electron chi connectivity index (χ2n) is 12.8. The number of nitrogens with one attached hydrogen (secondary N) is 1. The van der Waals surface area contributed by atoms with Crippen molar-refractivity contribution in [3.8, 4) is 11.3 Å². The third-order valence-electron chi connectivity index (χ3n) is 8.39. The van der Waals surface area contributed by atoms with Gasteiger partial charge in [-0.25, -0.2) is 18.6 Å². The molecule has 1 atom stereocenters. The summed E-state index contributed by atoms with van der Waals surface area (Å²) < 4.78 is 37.1. The van der Waals surface area contributed by atoms with E-state index >= 15 is 4.39 Å². The number of hydrogen-bond acceptors (Lipinski definition) is 6. The van der Waals surface area contributed by atoms with Crippen LogP contribution in [0.25, 0.3) is 26.4 Å². The summed E-state index contributed by atoms with van der Waals surface area (Å²) in [7, 11) is 0. The maximum absolute atomic E-state index is 15.4. The van der Waals surface area contributed by atoms with Gasteiger partial charge < -0.3 is 19.9 Å². The number of benzene rings is 2. The van der Waals surface area contributed by atoms with Crippen molar-refractivity contribution in [2.45, 2.75) is 64.1 Å². The molecule has 2 amide bonds. The highest BCUT2D eigenvalue weighted by Crippen LogP contribution is 2.34. The van der Waals surface area contributed by atoms with Crippen molar-refractivity contribution in [2.24, 2.45) is 0 Å². The van der Waals surface area contributed by atoms with Gasteiger partial charge in [-0.2, -0.15) is 0 Å². The fourth-order valence-electron chi connectivity index (χ4n) is 6.02. The number of alkyl halides is 1. The van der Waals surface area contributed by atoms with Gasteiger partial charge in [-0.15, -0.1) is 0 Å². The summed E-state index contributed by atoms with van der Waals surface area (Å²) in [5.74, 6) is -0.425.